The quantitative estimate of drug-likeness (QED) is 0.394. The molecule has 0 saturated carbocycles. The van der Waals surface area contributed by atoms with Gasteiger partial charge in [0.05, 0.1) is 18.2 Å². The number of hydrogen-bond acceptors (Lipinski definition) is 4. The van der Waals surface area contributed by atoms with Gasteiger partial charge >= 0.3 is 0 Å². The maximum absolute atomic E-state index is 9.54. The second-order valence-corrected chi connectivity index (χ2v) is 3.01. The van der Waals surface area contributed by atoms with Crippen LogP contribution < -0.4 is 0 Å². The first-order valence-corrected chi connectivity index (χ1v) is 4.09. The third kappa shape index (κ3) is 2.32. The minimum atomic E-state index is -0.748. The van der Waals surface area contributed by atoms with Crippen molar-refractivity contribution < 1.29 is 14.6 Å². The SMILES string of the molecule is CO[C@H]1C[C@@H](N=[N+]=[N-])[C@@H](O)[C@H](C)O1. The molecule has 1 fully saturated rings. The van der Waals surface area contributed by atoms with E-state index in [1.165, 1.54) is 7.11 Å². The van der Waals surface area contributed by atoms with Gasteiger partial charge in [-0.3, -0.25) is 0 Å². The molecule has 0 aromatic carbocycles. The van der Waals surface area contributed by atoms with E-state index in [0.29, 0.717) is 6.42 Å². The lowest BCUT2D eigenvalue weighted by molar-refractivity contribution is -0.211. The lowest BCUT2D eigenvalue weighted by Crippen LogP contribution is -2.46. The van der Waals surface area contributed by atoms with Crippen LogP contribution in [0, 0.1) is 0 Å². The number of aliphatic hydroxyl groups excluding tert-OH is 1. The van der Waals surface area contributed by atoms with Gasteiger partial charge in [0.25, 0.3) is 0 Å². The number of nitrogens with zero attached hydrogens (tertiary/aromatic N) is 3. The van der Waals surface area contributed by atoms with Gasteiger partial charge in [-0.15, -0.1) is 0 Å². The van der Waals surface area contributed by atoms with E-state index < -0.39 is 18.4 Å². The van der Waals surface area contributed by atoms with Crippen LogP contribution in [0.3, 0.4) is 0 Å². The van der Waals surface area contributed by atoms with Crippen LogP contribution in [-0.4, -0.2) is 36.8 Å². The van der Waals surface area contributed by atoms with Crippen LogP contribution in [-0.2, 0) is 9.47 Å². The zero-order valence-corrected chi connectivity index (χ0v) is 7.62. The van der Waals surface area contributed by atoms with Gasteiger partial charge in [-0.25, -0.2) is 0 Å². The van der Waals surface area contributed by atoms with Crippen molar-refractivity contribution in [2.45, 2.75) is 37.9 Å². The van der Waals surface area contributed by atoms with Gasteiger partial charge in [-0.05, 0) is 12.5 Å². The summed E-state index contributed by atoms with van der Waals surface area (Å²) >= 11 is 0. The molecular weight excluding hydrogens is 174 g/mol. The summed E-state index contributed by atoms with van der Waals surface area (Å²) < 4.78 is 10.2. The Morgan fingerprint density at radius 2 is 2.38 bits per heavy atom. The average molecular weight is 187 g/mol. The highest BCUT2D eigenvalue weighted by atomic mass is 16.7. The molecule has 1 rings (SSSR count). The first-order chi connectivity index (χ1) is 6.19. The van der Waals surface area contributed by atoms with E-state index in [-0.39, 0.29) is 6.10 Å². The Morgan fingerprint density at radius 3 is 2.92 bits per heavy atom. The molecule has 0 aliphatic carbocycles. The van der Waals surface area contributed by atoms with Crippen LogP contribution >= 0.6 is 0 Å². The standard InChI is InChI=1S/C7H13N3O3/c1-4-7(11)5(9-10-8)3-6(12-2)13-4/h4-7,11H,3H2,1-2H3/t4-,5+,6+,7-/m0/s1. The summed E-state index contributed by atoms with van der Waals surface area (Å²) in [4.78, 5) is 2.67. The van der Waals surface area contributed by atoms with Gasteiger partial charge in [0.1, 0.15) is 0 Å². The highest BCUT2D eigenvalue weighted by Gasteiger charge is 2.34. The molecule has 6 nitrogen and oxygen atoms in total. The second-order valence-electron chi connectivity index (χ2n) is 3.01. The zero-order valence-electron chi connectivity index (χ0n) is 7.62. The molecule has 0 amide bonds. The maximum Gasteiger partial charge on any atom is 0.158 e. The number of ether oxygens (including phenoxy) is 2. The molecule has 0 unspecified atom stereocenters. The molecule has 13 heavy (non-hydrogen) atoms. The molecule has 0 aromatic heterocycles. The Morgan fingerprint density at radius 1 is 1.69 bits per heavy atom. The molecule has 1 aliphatic heterocycles. The topological polar surface area (TPSA) is 87.5 Å². The molecule has 1 heterocycles. The summed E-state index contributed by atoms with van der Waals surface area (Å²) in [6.07, 6.45) is -1.11. The van der Waals surface area contributed by atoms with Crippen LogP contribution in [0.5, 0.6) is 0 Å². The minimum Gasteiger partial charge on any atom is -0.390 e. The summed E-state index contributed by atoms with van der Waals surface area (Å²) in [5.74, 6) is 0. The fourth-order valence-electron chi connectivity index (χ4n) is 1.36. The zero-order chi connectivity index (χ0) is 9.84. The molecule has 0 spiro atoms. The molecule has 0 aromatic rings. The van der Waals surface area contributed by atoms with E-state index in [1.807, 2.05) is 0 Å². The van der Waals surface area contributed by atoms with Gasteiger partial charge in [0, 0.05) is 18.4 Å². The Labute approximate surface area is 76.1 Å². The van der Waals surface area contributed by atoms with Gasteiger partial charge in [0.15, 0.2) is 6.29 Å². The van der Waals surface area contributed by atoms with Crippen LogP contribution in [0.1, 0.15) is 13.3 Å². The van der Waals surface area contributed by atoms with E-state index >= 15 is 0 Å². The van der Waals surface area contributed by atoms with Crippen molar-refractivity contribution in [2.24, 2.45) is 5.11 Å². The normalized spacial score (nSPS) is 39.6. The number of methoxy groups -OCH3 is 1. The van der Waals surface area contributed by atoms with E-state index in [1.54, 1.807) is 6.92 Å². The Bertz CT molecular complexity index is 217. The average Bonchev–Trinajstić information content (AvgIpc) is 2.13. The van der Waals surface area contributed by atoms with Crippen molar-refractivity contribution in [2.75, 3.05) is 7.11 Å². The van der Waals surface area contributed by atoms with Crippen molar-refractivity contribution in [1.29, 1.82) is 0 Å². The van der Waals surface area contributed by atoms with Crippen molar-refractivity contribution in [1.82, 2.24) is 0 Å². The fourth-order valence-corrected chi connectivity index (χ4v) is 1.36. The van der Waals surface area contributed by atoms with Crippen molar-refractivity contribution in [3.63, 3.8) is 0 Å². The van der Waals surface area contributed by atoms with E-state index in [0.717, 1.165) is 0 Å². The number of aliphatic hydroxyl groups is 1. The molecule has 0 radical (unpaired) electrons. The van der Waals surface area contributed by atoms with E-state index in [2.05, 4.69) is 10.0 Å². The first kappa shape index (κ1) is 10.3. The maximum atomic E-state index is 9.54. The molecule has 1 saturated heterocycles. The minimum absolute atomic E-state index is 0.366. The van der Waals surface area contributed by atoms with Crippen molar-refractivity contribution in [3.05, 3.63) is 10.4 Å². The second kappa shape index (κ2) is 4.43. The molecule has 1 N–H and O–H groups in total. The summed E-state index contributed by atoms with van der Waals surface area (Å²) in [6.45, 7) is 1.72. The predicted molar refractivity (Wildman–Crippen MR) is 44.9 cm³/mol. The van der Waals surface area contributed by atoms with E-state index in [9.17, 15) is 5.11 Å². The van der Waals surface area contributed by atoms with Gasteiger partial charge < -0.3 is 14.6 Å². The molecule has 74 valence electrons. The van der Waals surface area contributed by atoms with Gasteiger partial charge in [-0.1, -0.05) is 5.11 Å². The molecular formula is C7H13N3O3. The number of hydrogen-bond donors (Lipinski definition) is 1. The van der Waals surface area contributed by atoms with Crippen LogP contribution in [0.15, 0.2) is 5.11 Å². The third-order valence-corrected chi connectivity index (χ3v) is 2.14. The summed E-state index contributed by atoms with van der Waals surface area (Å²) in [7, 11) is 1.52. The van der Waals surface area contributed by atoms with E-state index in [4.69, 9.17) is 15.0 Å². The fraction of sp³-hybridized carbons (Fsp3) is 1.00. The van der Waals surface area contributed by atoms with Crippen LogP contribution in [0.25, 0.3) is 10.4 Å². The Hall–Kier alpha value is -0.810. The molecule has 1 aliphatic rings. The summed E-state index contributed by atoms with van der Waals surface area (Å²) in [5, 5.41) is 13.0. The summed E-state index contributed by atoms with van der Waals surface area (Å²) in [5.41, 5.74) is 8.25. The molecule has 0 bridgehead atoms. The Kier molecular flexibility index (Phi) is 3.50. The van der Waals surface area contributed by atoms with Gasteiger partial charge in [-0.2, -0.15) is 0 Å². The monoisotopic (exact) mass is 187 g/mol. The third-order valence-electron chi connectivity index (χ3n) is 2.14. The first-order valence-electron chi connectivity index (χ1n) is 4.09. The summed E-state index contributed by atoms with van der Waals surface area (Å²) in [6, 6.07) is -0.460. The van der Waals surface area contributed by atoms with Gasteiger partial charge in [0.2, 0.25) is 0 Å². The lowest BCUT2D eigenvalue weighted by atomic mass is 10.0. The van der Waals surface area contributed by atoms with Crippen molar-refractivity contribution in [3.8, 4) is 0 Å². The number of rotatable bonds is 2. The van der Waals surface area contributed by atoms with Crippen molar-refractivity contribution >= 4 is 0 Å². The highest BCUT2D eigenvalue weighted by Crippen LogP contribution is 2.22. The largest absolute Gasteiger partial charge is 0.390 e. The smallest absolute Gasteiger partial charge is 0.158 e. The predicted octanol–water partition coefficient (Wildman–Crippen LogP) is 0.807. The van der Waals surface area contributed by atoms with Crippen LogP contribution in [0.2, 0.25) is 0 Å². The number of azide groups is 1. The lowest BCUT2D eigenvalue weighted by Gasteiger charge is -2.34. The Balaban J connectivity index is 2.65. The highest BCUT2D eigenvalue weighted by molar-refractivity contribution is 4.85. The van der Waals surface area contributed by atoms with Crippen LogP contribution in [0.4, 0.5) is 0 Å². The molecule has 6 heteroatoms. The molecule has 4 atom stereocenters.